The van der Waals surface area contributed by atoms with Crippen LogP contribution in [-0.2, 0) is 9.59 Å². The summed E-state index contributed by atoms with van der Waals surface area (Å²) in [6, 6.07) is 3.33. The lowest BCUT2D eigenvalue weighted by Crippen LogP contribution is -2.21. The number of nitrogens with one attached hydrogen (secondary N) is 1. The Hall–Kier alpha value is -1.36. The summed E-state index contributed by atoms with van der Waals surface area (Å²) in [5.41, 5.74) is 0. The average molecular weight is 213 g/mol. The molecule has 0 aliphatic rings. The maximum Gasteiger partial charge on any atom is 0.305 e. The maximum atomic E-state index is 10.5. The van der Waals surface area contributed by atoms with Crippen molar-refractivity contribution in [2.75, 3.05) is 0 Å². The summed E-state index contributed by atoms with van der Waals surface area (Å²) in [6.45, 7) is 1.94. The van der Waals surface area contributed by atoms with Gasteiger partial charge in [0.15, 0.2) is 0 Å². The Morgan fingerprint density at radius 2 is 2.43 bits per heavy atom. The Balaban J connectivity index is 2.76. The molecule has 0 bridgehead atoms. The molecule has 1 aromatic rings. The highest BCUT2D eigenvalue weighted by Gasteiger charge is 2.15. The zero-order valence-corrected chi connectivity index (χ0v) is 8.50. The number of carbonyl (C=O) groups is 2. The molecule has 1 heterocycles. The Labute approximate surface area is 85.6 Å². The summed E-state index contributed by atoms with van der Waals surface area (Å²) < 4.78 is 0. The van der Waals surface area contributed by atoms with Gasteiger partial charge in [-0.15, -0.1) is 11.3 Å². The van der Waals surface area contributed by atoms with E-state index in [0.717, 1.165) is 9.75 Å². The van der Waals surface area contributed by atoms with Gasteiger partial charge in [-0.2, -0.15) is 0 Å². The van der Waals surface area contributed by atoms with Crippen LogP contribution in [0.25, 0.3) is 0 Å². The SMILES string of the molecule is Cc1ccc([C@H](CC(=O)O)NC=O)s1. The molecule has 4 nitrogen and oxygen atoms in total. The monoisotopic (exact) mass is 213 g/mol. The fraction of sp³-hybridized carbons (Fsp3) is 0.333. The van der Waals surface area contributed by atoms with Crippen molar-refractivity contribution >= 4 is 23.7 Å². The molecule has 0 radical (unpaired) electrons. The van der Waals surface area contributed by atoms with Crippen LogP contribution in [0.2, 0.25) is 0 Å². The minimum atomic E-state index is -0.921. The molecule has 1 aromatic heterocycles. The molecule has 1 rings (SSSR count). The second-order valence-electron chi connectivity index (χ2n) is 2.88. The number of aryl methyl sites for hydroxylation is 1. The Morgan fingerprint density at radius 1 is 1.71 bits per heavy atom. The molecular weight excluding hydrogens is 202 g/mol. The largest absolute Gasteiger partial charge is 0.481 e. The molecule has 1 amide bonds. The van der Waals surface area contributed by atoms with Gasteiger partial charge in [0.1, 0.15) is 0 Å². The van der Waals surface area contributed by atoms with E-state index < -0.39 is 12.0 Å². The van der Waals surface area contributed by atoms with Crippen molar-refractivity contribution in [3.8, 4) is 0 Å². The van der Waals surface area contributed by atoms with E-state index in [2.05, 4.69) is 5.32 Å². The first-order chi connectivity index (χ1) is 6.63. The Morgan fingerprint density at radius 3 is 2.86 bits per heavy atom. The lowest BCUT2D eigenvalue weighted by atomic mass is 10.2. The van der Waals surface area contributed by atoms with E-state index in [1.54, 1.807) is 0 Å². The summed E-state index contributed by atoms with van der Waals surface area (Å²) in [4.78, 5) is 22.8. The zero-order chi connectivity index (χ0) is 10.6. The zero-order valence-electron chi connectivity index (χ0n) is 7.69. The number of carbonyl (C=O) groups excluding carboxylic acids is 1. The second kappa shape index (κ2) is 4.76. The summed E-state index contributed by atoms with van der Waals surface area (Å²) in [7, 11) is 0. The van der Waals surface area contributed by atoms with E-state index in [1.807, 2.05) is 19.1 Å². The van der Waals surface area contributed by atoms with Crippen molar-refractivity contribution in [2.24, 2.45) is 0 Å². The third-order valence-electron chi connectivity index (χ3n) is 1.75. The first kappa shape index (κ1) is 10.7. The highest BCUT2D eigenvalue weighted by atomic mass is 32.1. The summed E-state index contributed by atoms with van der Waals surface area (Å²) in [5, 5.41) is 11.1. The molecule has 0 unspecified atom stereocenters. The van der Waals surface area contributed by atoms with Crippen LogP contribution in [0.4, 0.5) is 0 Å². The molecule has 2 N–H and O–H groups in total. The summed E-state index contributed by atoms with van der Waals surface area (Å²) >= 11 is 1.49. The van der Waals surface area contributed by atoms with Gasteiger partial charge in [0.05, 0.1) is 12.5 Å². The first-order valence-electron chi connectivity index (χ1n) is 4.11. The molecule has 0 aliphatic heterocycles. The van der Waals surface area contributed by atoms with Crippen molar-refractivity contribution in [3.63, 3.8) is 0 Å². The van der Waals surface area contributed by atoms with Gasteiger partial charge in [-0.1, -0.05) is 0 Å². The smallest absolute Gasteiger partial charge is 0.305 e. The predicted molar refractivity (Wildman–Crippen MR) is 53.2 cm³/mol. The topological polar surface area (TPSA) is 66.4 Å². The van der Waals surface area contributed by atoms with Crippen molar-refractivity contribution in [1.82, 2.24) is 5.32 Å². The minimum Gasteiger partial charge on any atom is -0.481 e. The fourth-order valence-corrected chi connectivity index (χ4v) is 2.08. The van der Waals surface area contributed by atoms with Gasteiger partial charge in [-0.05, 0) is 19.1 Å². The van der Waals surface area contributed by atoms with E-state index in [4.69, 9.17) is 5.11 Å². The highest BCUT2D eigenvalue weighted by molar-refractivity contribution is 7.12. The third kappa shape index (κ3) is 2.85. The molecule has 76 valence electrons. The fourth-order valence-electron chi connectivity index (χ4n) is 1.14. The minimum absolute atomic E-state index is 0.0846. The third-order valence-corrected chi connectivity index (χ3v) is 2.87. The summed E-state index contributed by atoms with van der Waals surface area (Å²) in [5.74, 6) is -0.921. The van der Waals surface area contributed by atoms with Crippen LogP contribution in [0, 0.1) is 6.92 Å². The number of hydrogen-bond donors (Lipinski definition) is 2. The van der Waals surface area contributed by atoms with Gasteiger partial charge in [0.25, 0.3) is 0 Å². The van der Waals surface area contributed by atoms with Gasteiger partial charge >= 0.3 is 5.97 Å². The van der Waals surface area contributed by atoms with Crippen LogP contribution in [0.3, 0.4) is 0 Å². The number of carboxylic acids is 1. The number of hydrogen-bond acceptors (Lipinski definition) is 3. The molecular formula is C9H11NO3S. The number of carboxylic acid groups (broad SMARTS) is 1. The highest BCUT2D eigenvalue weighted by Crippen LogP contribution is 2.24. The van der Waals surface area contributed by atoms with Crippen molar-refractivity contribution in [2.45, 2.75) is 19.4 Å². The van der Waals surface area contributed by atoms with Crippen molar-refractivity contribution < 1.29 is 14.7 Å². The van der Waals surface area contributed by atoms with Gasteiger partial charge in [0.2, 0.25) is 6.41 Å². The number of rotatable bonds is 5. The normalized spacial score (nSPS) is 12.1. The van der Waals surface area contributed by atoms with Crippen LogP contribution in [0.1, 0.15) is 22.2 Å². The van der Waals surface area contributed by atoms with Gasteiger partial charge in [-0.25, -0.2) is 0 Å². The molecule has 0 saturated heterocycles. The quantitative estimate of drug-likeness (QED) is 0.725. The second-order valence-corrected chi connectivity index (χ2v) is 4.20. The maximum absolute atomic E-state index is 10.5. The van der Waals surface area contributed by atoms with E-state index in [9.17, 15) is 9.59 Å². The molecule has 14 heavy (non-hydrogen) atoms. The Bertz CT molecular complexity index is 335. The van der Waals surface area contributed by atoms with E-state index in [1.165, 1.54) is 11.3 Å². The average Bonchev–Trinajstić information content (AvgIpc) is 2.50. The number of thiophene rings is 1. The first-order valence-corrected chi connectivity index (χ1v) is 4.93. The van der Waals surface area contributed by atoms with Crippen molar-refractivity contribution in [3.05, 3.63) is 21.9 Å². The molecule has 0 aliphatic carbocycles. The van der Waals surface area contributed by atoms with Crippen molar-refractivity contribution in [1.29, 1.82) is 0 Å². The van der Waals surface area contributed by atoms with E-state index >= 15 is 0 Å². The van der Waals surface area contributed by atoms with Gasteiger partial charge in [-0.3, -0.25) is 9.59 Å². The number of aliphatic carboxylic acids is 1. The molecule has 0 aromatic carbocycles. The summed E-state index contributed by atoms with van der Waals surface area (Å²) in [6.07, 6.45) is 0.446. The van der Waals surface area contributed by atoms with Crippen LogP contribution in [-0.4, -0.2) is 17.5 Å². The Kier molecular flexibility index (Phi) is 3.64. The number of amides is 1. The van der Waals surface area contributed by atoms with E-state index in [0.29, 0.717) is 6.41 Å². The van der Waals surface area contributed by atoms with E-state index in [-0.39, 0.29) is 6.42 Å². The lowest BCUT2D eigenvalue weighted by Gasteiger charge is -2.10. The van der Waals surface area contributed by atoms with Gasteiger partial charge < -0.3 is 10.4 Å². The molecule has 0 spiro atoms. The van der Waals surface area contributed by atoms with Crippen LogP contribution in [0.15, 0.2) is 12.1 Å². The predicted octanol–water partition coefficient (Wildman–Crippen LogP) is 1.32. The lowest BCUT2D eigenvalue weighted by molar-refractivity contribution is -0.137. The molecule has 1 atom stereocenters. The van der Waals surface area contributed by atoms with Crippen LogP contribution in [0.5, 0.6) is 0 Å². The standard InChI is InChI=1S/C9H11NO3S/c1-6-2-3-8(14-6)7(10-5-11)4-9(12)13/h2-3,5,7H,4H2,1H3,(H,10,11)(H,12,13)/t7-/m0/s1. The van der Waals surface area contributed by atoms with Gasteiger partial charge in [0, 0.05) is 9.75 Å². The van der Waals surface area contributed by atoms with Crippen LogP contribution < -0.4 is 5.32 Å². The molecule has 0 saturated carbocycles. The molecule has 0 fully saturated rings. The molecule has 5 heteroatoms. The van der Waals surface area contributed by atoms with Crippen LogP contribution >= 0.6 is 11.3 Å².